The van der Waals surface area contributed by atoms with E-state index in [1.54, 1.807) is 37.3 Å². The number of benzene rings is 1. The Morgan fingerprint density at radius 1 is 1.15 bits per heavy atom. The van der Waals surface area contributed by atoms with Crippen molar-refractivity contribution in [2.24, 2.45) is 4.99 Å². The number of methoxy groups -OCH3 is 2. The summed E-state index contributed by atoms with van der Waals surface area (Å²) >= 11 is 1.19. The Hall–Kier alpha value is -3.92. The van der Waals surface area contributed by atoms with E-state index in [0.717, 1.165) is 5.76 Å². The second kappa shape index (κ2) is 9.14. The van der Waals surface area contributed by atoms with Crippen LogP contribution in [0.4, 0.5) is 0 Å². The highest BCUT2D eigenvalue weighted by Crippen LogP contribution is 2.36. The lowest BCUT2D eigenvalue weighted by atomic mass is 9.95. The predicted octanol–water partition coefficient (Wildman–Crippen LogP) is 2.24. The summed E-state index contributed by atoms with van der Waals surface area (Å²) in [5.41, 5.74) is 0.878. The summed E-state index contributed by atoms with van der Waals surface area (Å²) in [7, 11) is 2.71. The maximum atomic E-state index is 13.5. The molecule has 0 saturated heterocycles. The molecule has 34 heavy (non-hydrogen) atoms. The molecule has 1 aliphatic rings. The van der Waals surface area contributed by atoms with E-state index in [2.05, 4.69) is 4.99 Å². The minimum Gasteiger partial charge on any atom is -0.493 e. The van der Waals surface area contributed by atoms with Gasteiger partial charge in [0, 0.05) is 13.0 Å². The summed E-state index contributed by atoms with van der Waals surface area (Å²) in [6.45, 7) is 4.79. The number of carbonyl (C=O) groups is 2. The zero-order valence-electron chi connectivity index (χ0n) is 19.2. The number of allylic oxidation sites excluding steroid dienone is 1. The summed E-state index contributed by atoms with van der Waals surface area (Å²) in [6.07, 6.45) is 1.65. The molecule has 0 spiro atoms. The monoisotopic (exact) mass is 482 g/mol. The summed E-state index contributed by atoms with van der Waals surface area (Å²) in [4.78, 5) is 42.7. The number of aromatic nitrogens is 1. The number of fused-ring (bicyclic) bond motifs is 1. The third-order valence-electron chi connectivity index (χ3n) is 5.22. The Labute approximate surface area is 198 Å². The van der Waals surface area contributed by atoms with Gasteiger partial charge in [0.2, 0.25) is 0 Å². The molecular weight excluding hydrogens is 460 g/mol. The predicted molar refractivity (Wildman–Crippen MR) is 124 cm³/mol. The topological polar surface area (TPSA) is 109 Å². The van der Waals surface area contributed by atoms with E-state index < -0.39 is 18.0 Å². The van der Waals surface area contributed by atoms with Crippen molar-refractivity contribution in [1.82, 2.24) is 4.57 Å². The van der Waals surface area contributed by atoms with E-state index >= 15 is 0 Å². The average Bonchev–Trinajstić information content (AvgIpc) is 3.34. The Balaban J connectivity index is 1.96. The van der Waals surface area contributed by atoms with Crippen LogP contribution in [0.15, 0.2) is 55.8 Å². The van der Waals surface area contributed by atoms with Gasteiger partial charge in [0.05, 0.1) is 36.1 Å². The van der Waals surface area contributed by atoms with Crippen molar-refractivity contribution in [3.63, 3.8) is 0 Å². The average molecular weight is 483 g/mol. The Morgan fingerprint density at radius 2 is 1.91 bits per heavy atom. The number of thiazole rings is 1. The van der Waals surface area contributed by atoms with E-state index in [4.69, 9.17) is 18.6 Å². The van der Waals surface area contributed by atoms with Crippen molar-refractivity contribution in [3.05, 3.63) is 78.4 Å². The quantitative estimate of drug-likeness (QED) is 0.405. The van der Waals surface area contributed by atoms with Crippen LogP contribution in [0.5, 0.6) is 11.5 Å². The summed E-state index contributed by atoms with van der Waals surface area (Å²) < 4.78 is 23.0. The van der Waals surface area contributed by atoms with E-state index in [-0.39, 0.29) is 22.6 Å². The molecule has 1 aromatic carbocycles. The number of furan rings is 1. The van der Waals surface area contributed by atoms with Crippen LogP contribution in [0.1, 0.15) is 37.0 Å². The van der Waals surface area contributed by atoms with Gasteiger partial charge < -0.3 is 18.6 Å². The lowest BCUT2D eigenvalue weighted by Crippen LogP contribution is -2.39. The number of aryl methyl sites for hydroxylation is 1. The van der Waals surface area contributed by atoms with Crippen LogP contribution < -0.4 is 24.4 Å². The molecule has 0 radical (unpaired) electrons. The third kappa shape index (κ3) is 4.19. The van der Waals surface area contributed by atoms with E-state index in [1.807, 2.05) is 13.0 Å². The summed E-state index contributed by atoms with van der Waals surface area (Å²) in [6, 6.07) is 7.60. The molecule has 9 nitrogen and oxygen atoms in total. The van der Waals surface area contributed by atoms with Gasteiger partial charge in [-0.05, 0) is 43.7 Å². The minimum atomic E-state index is -0.829. The van der Waals surface area contributed by atoms with Crippen molar-refractivity contribution in [1.29, 1.82) is 0 Å². The van der Waals surface area contributed by atoms with Crippen LogP contribution in [-0.4, -0.2) is 30.7 Å². The molecule has 176 valence electrons. The number of hydrogen-bond acceptors (Lipinski definition) is 9. The molecule has 0 N–H and O–H groups in total. The fourth-order valence-corrected chi connectivity index (χ4v) is 4.79. The fraction of sp³-hybridized carbons (Fsp3) is 0.250. The number of esters is 2. The smallest absolute Gasteiger partial charge is 0.338 e. The molecule has 0 unspecified atom stereocenters. The molecule has 1 atom stereocenters. The van der Waals surface area contributed by atoms with E-state index in [0.29, 0.717) is 26.4 Å². The van der Waals surface area contributed by atoms with Crippen LogP contribution in [0.25, 0.3) is 6.08 Å². The minimum absolute atomic E-state index is 0.220. The fourth-order valence-electron chi connectivity index (χ4n) is 3.76. The Kier molecular flexibility index (Phi) is 6.25. The number of nitrogens with zero attached hydrogens (tertiary/aromatic N) is 2. The van der Waals surface area contributed by atoms with Crippen molar-refractivity contribution in [3.8, 4) is 11.5 Å². The molecule has 2 aromatic heterocycles. The Bertz CT molecular complexity index is 1510. The number of ether oxygens (including phenoxy) is 3. The van der Waals surface area contributed by atoms with Gasteiger partial charge in [0.25, 0.3) is 5.56 Å². The van der Waals surface area contributed by atoms with Crippen molar-refractivity contribution >= 4 is 29.4 Å². The van der Waals surface area contributed by atoms with Gasteiger partial charge in [0.1, 0.15) is 11.5 Å². The standard InChI is InChI=1S/C24H22N2O7S/c1-12-6-8-16(32-12)11-19-22(28)26-21(20(23(29)31-5)13(2)25-24(26)34-19)15-7-9-17(33-14(3)27)18(10-15)30-4/h6-11,21H,1-5H3/b19-11-/t21-/m0/s1. The number of rotatable bonds is 5. The van der Waals surface area contributed by atoms with Crippen LogP contribution in [-0.2, 0) is 14.3 Å². The highest BCUT2D eigenvalue weighted by molar-refractivity contribution is 7.07. The van der Waals surface area contributed by atoms with Crippen molar-refractivity contribution in [2.45, 2.75) is 26.8 Å². The van der Waals surface area contributed by atoms with Gasteiger partial charge in [0.15, 0.2) is 16.3 Å². The lowest BCUT2D eigenvalue weighted by molar-refractivity contribution is -0.136. The van der Waals surface area contributed by atoms with Gasteiger partial charge in [-0.25, -0.2) is 9.79 Å². The van der Waals surface area contributed by atoms with Crippen LogP contribution in [0.2, 0.25) is 0 Å². The molecule has 0 amide bonds. The first-order chi connectivity index (χ1) is 16.2. The highest BCUT2D eigenvalue weighted by atomic mass is 32.1. The van der Waals surface area contributed by atoms with Gasteiger partial charge in [-0.3, -0.25) is 14.2 Å². The van der Waals surface area contributed by atoms with Gasteiger partial charge in [-0.1, -0.05) is 17.4 Å². The third-order valence-corrected chi connectivity index (χ3v) is 6.20. The number of hydrogen-bond donors (Lipinski definition) is 0. The van der Waals surface area contributed by atoms with Gasteiger partial charge in [-0.15, -0.1) is 0 Å². The van der Waals surface area contributed by atoms with Crippen molar-refractivity contribution in [2.75, 3.05) is 14.2 Å². The molecule has 4 rings (SSSR count). The van der Waals surface area contributed by atoms with Crippen LogP contribution in [0, 0.1) is 6.92 Å². The largest absolute Gasteiger partial charge is 0.493 e. The molecular formula is C24H22N2O7S. The molecule has 0 fully saturated rings. The van der Waals surface area contributed by atoms with E-state index in [1.165, 1.54) is 37.0 Å². The molecule has 0 bridgehead atoms. The zero-order valence-corrected chi connectivity index (χ0v) is 20.0. The first-order valence-corrected chi connectivity index (χ1v) is 11.1. The lowest BCUT2D eigenvalue weighted by Gasteiger charge is -2.25. The normalized spacial score (nSPS) is 15.6. The van der Waals surface area contributed by atoms with Gasteiger partial charge >= 0.3 is 11.9 Å². The summed E-state index contributed by atoms with van der Waals surface area (Å²) in [5.74, 6) is 0.652. The van der Waals surface area contributed by atoms with Crippen molar-refractivity contribution < 1.29 is 28.2 Å². The maximum absolute atomic E-state index is 13.5. The second-order valence-corrected chi connectivity index (χ2v) is 8.53. The second-order valence-electron chi connectivity index (χ2n) is 7.53. The molecule has 0 saturated carbocycles. The SMILES string of the molecule is COC(=O)C1=C(C)N=c2s/c(=C\c3ccc(C)o3)c(=O)n2[C@H]1c1ccc(OC(C)=O)c(OC)c1. The molecule has 10 heteroatoms. The summed E-state index contributed by atoms with van der Waals surface area (Å²) in [5, 5.41) is 0. The molecule has 3 aromatic rings. The number of carbonyl (C=O) groups excluding carboxylic acids is 2. The molecule has 1 aliphatic heterocycles. The van der Waals surface area contributed by atoms with E-state index in [9.17, 15) is 14.4 Å². The maximum Gasteiger partial charge on any atom is 0.338 e. The highest BCUT2D eigenvalue weighted by Gasteiger charge is 2.33. The zero-order chi connectivity index (χ0) is 24.6. The Morgan fingerprint density at radius 3 is 2.53 bits per heavy atom. The van der Waals surface area contributed by atoms with Gasteiger partial charge in [-0.2, -0.15) is 0 Å². The molecule has 0 aliphatic carbocycles. The first kappa shape index (κ1) is 23.2. The first-order valence-electron chi connectivity index (χ1n) is 10.3. The van der Waals surface area contributed by atoms with Crippen LogP contribution in [0.3, 0.4) is 0 Å². The van der Waals surface area contributed by atoms with Crippen LogP contribution >= 0.6 is 11.3 Å². The molecule has 3 heterocycles.